The third kappa shape index (κ3) is 2.21. The second-order valence-corrected chi connectivity index (χ2v) is 3.89. The molecule has 0 bridgehead atoms. The van der Waals surface area contributed by atoms with Crippen molar-refractivity contribution in [2.24, 2.45) is 0 Å². The maximum atomic E-state index is 9.33. The van der Waals surface area contributed by atoms with Crippen molar-refractivity contribution in [1.29, 1.82) is 0 Å². The van der Waals surface area contributed by atoms with Crippen LogP contribution < -0.4 is 5.43 Å². The Morgan fingerprint density at radius 1 is 1.62 bits per heavy atom. The molecular formula is C9H17N3O. The lowest BCUT2D eigenvalue weighted by Gasteiger charge is -2.24. The normalized spacial score (nSPS) is 34.8. The number of aliphatic hydroxyl groups is 1. The van der Waals surface area contributed by atoms with E-state index < -0.39 is 0 Å². The predicted octanol–water partition coefficient (Wildman–Crippen LogP) is -0.267. The van der Waals surface area contributed by atoms with E-state index in [1.165, 1.54) is 0 Å². The Balaban J connectivity index is 1.76. The van der Waals surface area contributed by atoms with Gasteiger partial charge in [0, 0.05) is 25.3 Å². The van der Waals surface area contributed by atoms with Gasteiger partial charge in [-0.05, 0) is 19.4 Å². The predicted molar refractivity (Wildman–Crippen MR) is 50.6 cm³/mol. The first-order valence-corrected chi connectivity index (χ1v) is 4.85. The third-order valence-corrected chi connectivity index (χ3v) is 2.52. The molecule has 0 aromatic heterocycles. The van der Waals surface area contributed by atoms with Crippen molar-refractivity contribution >= 4 is 0 Å². The monoisotopic (exact) mass is 183 g/mol. The van der Waals surface area contributed by atoms with E-state index in [-0.39, 0.29) is 6.10 Å². The van der Waals surface area contributed by atoms with E-state index in [0.29, 0.717) is 6.04 Å². The van der Waals surface area contributed by atoms with Gasteiger partial charge in [0.25, 0.3) is 0 Å². The van der Waals surface area contributed by atoms with Gasteiger partial charge in [0.1, 0.15) is 0 Å². The van der Waals surface area contributed by atoms with Crippen LogP contribution in [-0.2, 0) is 0 Å². The molecule has 2 atom stereocenters. The van der Waals surface area contributed by atoms with Crippen LogP contribution in [0.3, 0.4) is 0 Å². The van der Waals surface area contributed by atoms with Gasteiger partial charge in [-0.25, -0.2) is 5.43 Å². The summed E-state index contributed by atoms with van der Waals surface area (Å²) in [6, 6.07) is 0.438. The van der Waals surface area contributed by atoms with Gasteiger partial charge < -0.3 is 10.1 Å². The van der Waals surface area contributed by atoms with Crippen LogP contribution in [0.5, 0.6) is 0 Å². The van der Waals surface area contributed by atoms with E-state index in [9.17, 15) is 5.11 Å². The molecule has 13 heavy (non-hydrogen) atoms. The van der Waals surface area contributed by atoms with Crippen LogP contribution in [0.1, 0.15) is 13.3 Å². The summed E-state index contributed by atoms with van der Waals surface area (Å²) in [6.45, 7) is 4.80. The highest BCUT2D eigenvalue weighted by atomic mass is 16.3. The van der Waals surface area contributed by atoms with Gasteiger partial charge in [-0.15, -0.1) is 0 Å². The number of hydrogen-bond donors (Lipinski definition) is 2. The van der Waals surface area contributed by atoms with Crippen LogP contribution in [-0.4, -0.2) is 46.9 Å². The number of nitrogens with one attached hydrogen (secondary N) is 1. The molecule has 0 amide bonds. The van der Waals surface area contributed by atoms with Crippen LogP contribution in [0.15, 0.2) is 12.3 Å². The Bertz CT molecular complexity index is 207. The lowest BCUT2D eigenvalue weighted by atomic mass is 10.3. The van der Waals surface area contributed by atoms with E-state index in [1.54, 1.807) is 0 Å². The van der Waals surface area contributed by atoms with Crippen molar-refractivity contribution in [3.05, 3.63) is 12.3 Å². The standard InChI is InChI=1S/C9H17N3O/c1-8-2-5-12(10-8)7-11-4-3-9(13)6-11/h2,5,8-10,13H,3-4,6-7H2,1H3/t8?,9-/m1/s1. The van der Waals surface area contributed by atoms with Crippen LogP contribution in [0.4, 0.5) is 0 Å². The molecule has 74 valence electrons. The zero-order chi connectivity index (χ0) is 9.26. The summed E-state index contributed by atoms with van der Waals surface area (Å²) in [4.78, 5) is 2.25. The average Bonchev–Trinajstić information content (AvgIpc) is 2.62. The van der Waals surface area contributed by atoms with E-state index in [2.05, 4.69) is 34.5 Å². The molecule has 1 fully saturated rings. The Kier molecular flexibility index (Phi) is 2.53. The van der Waals surface area contributed by atoms with Gasteiger partial charge in [-0.3, -0.25) is 4.90 Å². The second kappa shape index (κ2) is 3.65. The maximum Gasteiger partial charge on any atom is 0.0857 e. The minimum atomic E-state index is -0.121. The highest BCUT2D eigenvalue weighted by Gasteiger charge is 2.22. The van der Waals surface area contributed by atoms with Gasteiger partial charge >= 0.3 is 0 Å². The highest BCUT2D eigenvalue weighted by Crippen LogP contribution is 2.10. The van der Waals surface area contributed by atoms with Crippen LogP contribution in [0.2, 0.25) is 0 Å². The molecule has 0 spiro atoms. The molecule has 1 saturated heterocycles. The number of hydrogen-bond acceptors (Lipinski definition) is 4. The third-order valence-electron chi connectivity index (χ3n) is 2.52. The second-order valence-electron chi connectivity index (χ2n) is 3.89. The molecule has 2 heterocycles. The SMILES string of the molecule is CC1C=CN(CN2CC[C@@H](O)C2)N1. The first kappa shape index (κ1) is 8.99. The van der Waals surface area contributed by atoms with Gasteiger partial charge in [0.2, 0.25) is 0 Å². The number of likely N-dealkylation sites (tertiary alicyclic amines) is 1. The fourth-order valence-corrected chi connectivity index (χ4v) is 1.82. The molecule has 2 N–H and O–H groups in total. The molecule has 0 aromatic rings. The van der Waals surface area contributed by atoms with Crippen molar-refractivity contribution in [3.8, 4) is 0 Å². The molecule has 4 heteroatoms. The Labute approximate surface area is 78.8 Å². The lowest BCUT2D eigenvalue weighted by molar-refractivity contribution is 0.130. The largest absolute Gasteiger partial charge is 0.392 e. The smallest absolute Gasteiger partial charge is 0.0857 e. The van der Waals surface area contributed by atoms with Crippen LogP contribution >= 0.6 is 0 Å². The summed E-state index contributed by atoms with van der Waals surface area (Å²) in [5, 5.41) is 11.4. The van der Waals surface area contributed by atoms with Crippen molar-refractivity contribution in [2.45, 2.75) is 25.5 Å². The summed E-state index contributed by atoms with van der Waals surface area (Å²) in [6.07, 6.45) is 4.98. The fourth-order valence-electron chi connectivity index (χ4n) is 1.82. The maximum absolute atomic E-state index is 9.33. The van der Waals surface area contributed by atoms with Crippen molar-refractivity contribution in [3.63, 3.8) is 0 Å². The molecule has 1 unspecified atom stereocenters. The minimum absolute atomic E-state index is 0.121. The molecule has 2 rings (SSSR count). The first-order chi connectivity index (χ1) is 6.24. The molecule has 2 aliphatic heterocycles. The fraction of sp³-hybridized carbons (Fsp3) is 0.778. The van der Waals surface area contributed by atoms with Gasteiger partial charge in [-0.1, -0.05) is 0 Å². The topological polar surface area (TPSA) is 38.7 Å². The van der Waals surface area contributed by atoms with Crippen LogP contribution in [0.25, 0.3) is 0 Å². The summed E-state index contributed by atoms with van der Waals surface area (Å²) in [5.41, 5.74) is 3.29. The lowest BCUT2D eigenvalue weighted by Crippen LogP contribution is -2.41. The Hall–Kier alpha value is -0.580. The number of β-amino-alcohol motifs (C(OH)–C–C–N with tert-alkyl or cyclic N) is 1. The quantitative estimate of drug-likeness (QED) is 0.618. The number of aliphatic hydroxyl groups excluding tert-OH is 1. The minimum Gasteiger partial charge on any atom is -0.392 e. The molecule has 0 saturated carbocycles. The zero-order valence-electron chi connectivity index (χ0n) is 7.98. The van der Waals surface area contributed by atoms with Crippen LogP contribution in [0, 0.1) is 0 Å². The number of nitrogens with zero attached hydrogens (tertiary/aromatic N) is 2. The summed E-state index contributed by atoms with van der Waals surface area (Å²) in [7, 11) is 0. The van der Waals surface area contributed by atoms with Crippen molar-refractivity contribution < 1.29 is 5.11 Å². The van der Waals surface area contributed by atoms with Crippen molar-refractivity contribution in [1.82, 2.24) is 15.3 Å². The average molecular weight is 183 g/mol. The molecule has 2 aliphatic rings. The molecule has 0 radical (unpaired) electrons. The number of hydrazine groups is 1. The molecule has 0 aliphatic carbocycles. The summed E-state index contributed by atoms with van der Waals surface area (Å²) >= 11 is 0. The van der Waals surface area contributed by atoms with Crippen molar-refractivity contribution in [2.75, 3.05) is 19.8 Å². The molecule has 4 nitrogen and oxygen atoms in total. The molecule has 0 aromatic carbocycles. The van der Waals surface area contributed by atoms with Gasteiger partial charge in [-0.2, -0.15) is 0 Å². The molecular weight excluding hydrogens is 166 g/mol. The van der Waals surface area contributed by atoms with E-state index >= 15 is 0 Å². The highest BCUT2D eigenvalue weighted by molar-refractivity contribution is 4.96. The van der Waals surface area contributed by atoms with E-state index in [1.807, 2.05) is 0 Å². The van der Waals surface area contributed by atoms with Gasteiger partial charge in [0.05, 0.1) is 12.8 Å². The summed E-state index contributed by atoms with van der Waals surface area (Å²) < 4.78 is 0. The van der Waals surface area contributed by atoms with E-state index in [4.69, 9.17) is 0 Å². The Morgan fingerprint density at radius 3 is 3.00 bits per heavy atom. The summed E-state index contributed by atoms with van der Waals surface area (Å²) in [5.74, 6) is 0. The van der Waals surface area contributed by atoms with E-state index in [0.717, 1.165) is 26.2 Å². The first-order valence-electron chi connectivity index (χ1n) is 4.85. The number of rotatable bonds is 2. The Morgan fingerprint density at radius 2 is 2.46 bits per heavy atom. The zero-order valence-corrected chi connectivity index (χ0v) is 7.98. The van der Waals surface area contributed by atoms with Gasteiger partial charge in [0.15, 0.2) is 0 Å².